The van der Waals surface area contributed by atoms with Crippen LogP contribution in [0.25, 0.3) is 0 Å². The van der Waals surface area contributed by atoms with Gasteiger partial charge in [0.1, 0.15) is 11.8 Å². The van der Waals surface area contributed by atoms with Crippen LogP contribution in [0.4, 0.5) is 0 Å². The van der Waals surface area contributed by atoms with Crippen molar-refractivity contribution in [2.45, 2.75) is 31.8 Å². The maximum atomic E-state index is 13.4. The summed E-state index contributed by atoms with van der Waals surface area (Å²) in [5, 5.41) is 4.16. The number of nitrogens with zero attached hydrogens (tertiary/aromatic N) is 1. The molecule has 0 fully saturated rings. The van der Waals surface area contributed by atoms with Crippen molar-refractivity contribution in [1.82, 2.24) is 10.2 Å². The number of benzene rings is 3. The van der Waals surface area contributed by atoms with Gasteiger partial charge in [0, 0.05) is 31.5 Å². The highest BCUT2D eigenvalue weighted by Gasteiger charge is 2.29. The third-order valence-corrected chi connectivity index (χ3v) is 6.46. The first-order chi connectivity index (χ1) is 16.9. The Morgan fingerprint density at radius 1 is 0.914 bits per heavy atom. The average Bonchev–Trinajstić information content (AvgIpc) is 2.87. The summed E-state index contributed by atoms with van der Waals surface area (Å²) < 4.78 is 5.72. The minimum Gasteiger partial charge on any atom is -0.494 e. The van der Waals surface area contributed by atoms with Crippen LogP contribution < -0.4 is 10.1 Å². The van der Waals surface area contributed by atoms with Crippen LogP contribution in [0.3, 0.4) is 0 Å². The Hall–Kier alpha value is -2.73. The molecule has 0 bridgehead atoms. The van der Waals surface area contributed by atoms with Crippen LogP contribution in [0.2, 0.25) is 15.1 Å². The van der Waals surface area contributed by atoms with Gasteiger partial charge in [-0.2, -0.15) is 0 Å². The van der Waals surface area contributed by atoms with Crippen LogP contribution in [0.5, 0.6) is 5.75 Å². The summed E-state index contributed by atoms with van der Waals surface area (Å²) in [5.41, 5.74) is 1.74. The van der Waals surface area contributed by atoms with E-state index in [-0.39, 0.29) is 24.8 Å². The Morgan fingerprint density at radius 2 is 1.63 bits per heavy atom. The lowest BCUT2D eigenvalue weighted by Crippen LogP contribution is -2.49. The van der Waals surface area contributed by atoms with Gasteiger partial charge in [0.15, 0.2) is 0 Å². The van der Waals surface area contributed by atoms with Gasteiger partial charge >= 0.3 is 0 Å². The monoisotopic (exact) mass is 532 g/mol. The van der Waals surface area contributed by atoms with Gasteiger partial charge in [-0.3, -0.25) is 9.59 Å². The molecular formula is C27H27Cl3N2O3. The Kier molecular flexibility index (Phi) is 10.3. The molecule has 0 radical (unpaired) electrons. The SMILES string of the molecule is CNC(=O)[C@@H](Cc1ccccc1)N(Cc1ccc(Cl)c(Cl)c1)C(=O)CCCOc1ccc(Cl)cc1. The summed E-state index contributed by atoms with van der Waals surface area (Å²) in [4.78, 5) is 28.0. The molecule has 0 aliphatic carbocycles. The lowest BCUT2D eigenvalue weighted by molar-refractivity contribution is -0.141. The second-order valence-electron chi connectivity index (χ2n) is 8.00. The number of carbonyl (C=O) groups is 2. The molecule has 184 valence electrons. The number of hydrogen-bond donors (Lipinski definition) is 1. The normalized spacial score (nSPS) is 11.5. The lowest BCUT2D eigenvalue weighted by atomic mass is 10.0. The molecule has 0 saturated carbocycles. The van der Waals surface area contributed by atoms with Gasteiger partial charge in [0.2, 0.25) is 11.8 Å². The summed E-state index contributed by atoms with van der Waals surface area (Å²) in [7, 11) is 1.57. The van der Waals surface area contributed by atoms with Crippen molar-refractivity contribution < 1.29 is 14.3 Å². The predicted octanol–water partition coefficient (Wildman–Crippen LogP) is 6.19. The third kappa shape index (κ3) is 8.17. The van der Waals surface area contributed by atoms with Crippen LogP contribution >= 0.6 is 34.8 Å². The van der Waals surface area contributed by atoms with Crippen molar-refractivity contribution in [3.8, 4) is 5.75 Å². The average molecular weight is 534 g/mol. The molecule has 0 heterocycles. The molecule has 8 heteroatoms. The molecule has 0 aliphatic rings. The topological polar surface area (TPSA) is 58.6 Å². The molecule has 35 heavy (non-hydrogen) atoms. The van der Waals surface area contributed by atoms with Gasteiger partial charge in [0.05, 0.1) is 16.7 Å². The number of likely N-dealkylation sites (N-methyl/N-ethyl adjacent to an activating group) is 1. The van der Waals surface area contributed by atoms with E-state index < -0.39 is 6.04 Å². The van der Waals surface area contributed by atoms with Crippen LogP contribution in [-0.2, 0) is 22.6 Å². The van der Waals surface area contributed by atoms with Crippen LogP contribution in [0.1, 0.15) is 24.0 Å². The number of carbonyl (C=O) groups excluding carboxylic acids is 2. The van der Waals surface area contributed by atoms with Crippen molar-refractivity contribution in [3.63, 3.8) is 0 Å². The Labute approximate surface area is 220 Å². The Bertz CT molecular complexity index is 1120. The fraction of sp³-hybridized carbons (Fsp3) is 0.259. The van der Waals surface area contributed by atoms with Crippen molar-refractivity contribution in [2.24, 2.45) is 0 Å². The number of ether oxygens (including phenoxy) is 1. The number of rotatable bonds is 11. The summed E-state index contributed by atoms with van der Waals surface area (Å²) in [6.45, 7) is 0.579. The van der Waals surface area contributed by atoms with Crippen molar-refractivity contribution in [3.05, 3.63) is 99.0 Å². The quantitative estimate of drug-likeness (QED) is 0.299. The first kappa shape index (κ1) is 26.9. The Morgan fingerprint density at radius 3 is 2.29 bits per heavy atom. The van der Waals surface area contributed by atoms with Crippen LogP contribution in [0, 0.1) is 0 Å². The zero-order valence-corrected chi connectivity index (χ0v) is 21.6. The maximum absolute atomic E-state index is 13.4. The van der Waals surface area contributed by atoms with E-state index in [0.717, 1.165) is 11.1 Å². The minimum absolute atomic E-state index is 0.152. The molecule has 0 aliphatic heterocycles. The molecule has 2 amide bonds. The summed E-state index contributed by atoms with van der Waals surface area (Å²) in [6, 6.07) is 21.2. The van der Waals surface area contributed by atoms with E-state index in [1.54, 1.807) is 48.3 Å². The molecule has 0 saturated heterocycles. The maximum Gasteiger partial charge on any atom is 0.242 e. The molecule has 3 aromatic rings. The van der Waals surface area contributed by atoms with Gasteiger partial charge in [-0.15, -0.1) is 0 Å². The fourth-order valence-electron chi connectivity index (χ4n) is 3.64. The van der Waals surface area contributed by atoms with Gasteiger partial charge in [-0.05, 0) is 53.9 Å². The minimum atomic E-state index is -0.693. The molecule has 1 atom stereocenters. The predicted molar refractivity (Wildman–Crippen MR) is 141 cm³/mol. The van der Waals surface area contributed by atoms with E-state index in [4.69, 9.17) is 39.5 Å². The smallest absolute Gasteiger partial charge is 0.242 e. The van der Waals surface area contributed by atoms with Gasteiger partial charge < -0.3 is 15.0 Å². The van der Waals surface area contributed by atoms with E-state index in [1.165, 1.54) is 0 Å². The summed E-state index contributed by atoms with van der Waals surface area (Å²) in [6.07, 6.45) is 1.09. The molecule has 0 unspecified atom stereocenters. The first-order valence-electron chi connectivity index (χ1n) is 11.2. The number of nitrogens with one attached hydrogen (secondary N) is 1. The van der Waals surface area contributed by atoms with E-state index in [9.17, 15) is 9.59 Å². The van der Waals surface area contributed by atoms with E-state index >= 15 is 0 Å². The zero-order chi connectivity index (χ0) is 25.2. The van der Waals surface area contributed by atoms with Crippen molar-refractivity contribution >= 4 is 46.6 Å². The van der Waals surface area contributed by atoms with E-state index in [2.05, 4.69) is 5.32 Å². The number of halogens is 3. The Balaban J connectivity index is 1.76. The van der Waals surface area contributed by atoms with Gasteiger partial charge in [0.25, 0.3) is 0 Å². The highest BCUT2D eigenvalue weighted by molar-refractivity contribution is 6.42. The van der Waals surface area contributed by atoms with Crippen molar-refractivity contribution in [2.75, 3.05) is 13.7 Å². The molecule has 3 aromatic carbocycles. The van der Waals surface area contributed by atoms with E-state index in [1.807, 2.05) is 36.4 Å². The molecule has 3 rings (SSSR count). The van der Waals surface area contributed by atoms with Gasteiger partial charge in [-0.25, -0.2) is 0 Å². The number of hydrogen-bond acceptors (Lipinski definition) is 3. The second-order valence-corrected chi connectivity index (χ2v) is 9.25. The summed E-state index contributed by atoms with van der Waals surface area (Å²) >= 11 is 18.2. The molecule has 0 aromatic heterocycles. The molecule has 0 spiro atoms. The molecule has 1 N–H and O–H groups in total. The standard InChI is InChI=1S/C27H27Cl3N2O3/c1-31-27(34)25(17-19-6-3-2-4-7-19)32(18-20-9-14-23(29)24(30)16-20)26(33)8-5-15-35-22-12-10-21(28)11-13-22/h2-4,6-7,9-14,16,25H,5,8,15,17-18H2,1H3,(H,31,34)/t25-/m1/s1. The fourth-order valence-corrected chi connectivity index (χ4v) is 4.09. The lowest BCUT2D eigenvalue weighted by Gasteiger charge is -2.31. The summed E-state index contributed by atoms with van der Waals surface area (Å²) in [5.74, 6) is 0.293. The highest BCUT2D eigenvalue weighted by Crippen LogP contribution is 2.25. The molecular weight excluding hydrogens is 507 g/mol. The molecule has 5 nitrogen and oxygen atoms in total. The number of amides is 2. The van der Waals surface area contributed by atoms with E-state index in [0.29, 0.717) is 40.3 Å². The van der Waals surface area contributed by atoms with Crippen LogP contribution in [0.15, 0.2) is 72.8 Å². The largest absolute Gasteiger partial charge is 0.494 e. The van der Waals surface area contributed by atoms with Gasteiger partial charge in [-0.1, -0.05) is 71.2 Å². The highest BCUT2D eigenvalue weighted by atomic mass is 35.5. The third-order valence-electron chi connectivity index (χ3n) is 5.47. The van der Waals surface area contributed by atoms with Crippen molar-refractivity contribution in [1.29, 1.82) is 0 Å². The van der Waals surface area contributed by atoms with Crippen LogP contribution in [-0.4, -0.2) is 36.4 Å². The zero-order valence-electron chi connectivity index (χ0n) is 19.3. The first-order valence-corrected chi connectivity index (χ1v) is 12.4. The second kappa shape index (κ2) is 13.4.